The van der Waals surface area contributed by atoms with Crippen LogP contribution in [0.4, 0.5) is 11.4 Å². The highest BCUT2D eigenvalue weighted by Crippen LogP contribution is 2.30. The number of methoxy groups -OCH3 is 1. The van der Waals surface area contributed by atoms with Crippen LogP contribution in [0.15, 0.2) is 36.5 Å². The van der Waals surface area contributed by atoms with Gasteiger partial charge in [0.1, 0.15) is 11.3 Å². The van der Waals surface area contributed by atoms with Crippen molar-refractivity contribution in [3.63, 3.8) is 0 Å². The second-order valence-electron chi connectivity index (χ2n) is 5.83. The molecule has 3 aromatic rings. The molecule has 1 N–H and O–H groups in total. The number of pyridine rings is 1. The largest absolute Gasteiger partial charge is 0.490 e. The van der Waals surface area contributed by atoms with E-state index < -0.39 is 10.8 Å². The Morgan fingerprint density at radius 3 is 2.81 bits per heavy atom. The second kappa shape index (κ2) is 7.63. The maximum atomic E-state index is 12.9. The van der Waals surface area contributed by atoms with Crippen LogP contribution in [0, 0.1) is 10.1 Å². The summed E-state index contributed by atoms with van der Waals surface area (Å²) in [5, 5.41) is 14.4. The molecule has 0 radical (unpaired) electrons. The van der Waals surface area contributed by atoms with Gasteiger partial charge in [-0.2, -0.15) is 0 Å². The molecule has 0 atom stereocenters. The van der Waals surface area contributed by atoms with Crippen LogP contribution < -0.4 is 10.1 Å². The summed E-state index contributed by atoms with van der Waals surface area (Å²) in [6.07, 6.45) is 3.05. The molecule has 2 aromatic heterocycles. The van der Waals surface area contributed by atoms with E-state index in [0.717, 1.165) is 6.42 Å². The standard InChI is InChI=1S/C18H17ClN4O4/c1-3-4-13-17(22-10-11(19)5-8-16(22)21-13)18(24)20-12-6-7-15(27-2)14(9-12)23(25)26/h5-10H,3-4H2,1-2H3,(H,20,24). The zero-order chi connectivity index (χ0) is 19.6. The first kappa shape index (κ1) is 18.7. The Kier molecular flexibility index (Phi) is 5.27. The summed E-state index contributed by atoms with van der Waals surface area (Å²) in [6.45, 7) is 1.99. The Hall–Kier alpha value is -3.13. The fraction of sp³-hybridized carbons (Fsp3) is 0.222. The third-order valence-corrected chi connectivity index (χ3v) is 4.21. The van der Waals surface area contributed by atoms with E-state index in [2.05, 4.69) is 10.3 Å². The van der Waals surface area contributed by atoms with Crippen molar-refractivity contribution in [1.29, 1.82) is 0 Å². The van der Waals surface area contributed by atoms with E-state index in [-0.39, 0.29) is 17.1 Å². The van der Waals surface area contributed by atoms with E-state index in [0.29, 0.717) is 28.5 Å². The molecule has 8 nitrogen and oxygen atoms in total. The minimum absolute atomic E-state index is 0.117. The van der Waals surface area contributed by atoms with Gasteiger partial charge in [0.15, 0.2) is 5.75 Å². The van der Waals surface area contributed by atoms with Gasteiger partial charge in [-0.15, -0.1) is 0 Å². The lowest BCUT2D eigenvalue weighted by Gasteiger charge is -2.08. The summed E-state index contributed by atoms with van der Waals surface area (Å²) in [6, 6.07) is 7.67. The molecule has 0 saturated carbocycles. The Labute approximate surface area is 159 Å². The van der Waals surface area contributed by atoms with Gasteiger partial charge < -0.3 is 10.1 Å². The number of rotatable bonds is 6. The van der Waals surface area contributed by atoms with Gasteiger partial charge in [-0.1, -0.05) is 24.9 Å². The first-order chi connectivity index (χ1) is 12.9. The summed E-state index contributed by atoms with van der Waals surface area (Å²) < 4.78 is 6.60. The number of amides is 1. The summed E-state index contributed by atoms with van der Waals surface area (Å²) in [5.74, 6) is -0.307. The molecule has 1 amide bonds. The SMILES string of the molecule is CCCc1nc2ccc(Cl)cn2c1C(=O)Nc1ccc(OC)c([N+](=O)[O-])c1. The number of aryl methyl sites for hydroxylation is 1. The number of halogens is 1. The minimum atomic E-state index is -0.564. The number of ether oxygens (including phenoxy) is 1. The smallest absolute Gasteiger partial charge is 0.312 e. The van der Waals surface area contributed by atoms with Crippen LogP contribution >= 0.6 is 11.6 Å². The molecule has 0 fully saturated rings. The Morgan fingerprint density at radius 1 is 1.37 bits per heavy atom. The topological polar surface area (TPSA) is 98.8 Å². The summed E-state index contributed by atoms with van der Waals surface area (Å²) in [4.78, 5) is 28.0. The third kappa shape index (κ3) is 3.70. The highest BCUT2D eigenvalue weighted by Gasteiger charge is 2.21. The molecule has 0 unspecified atom stereocenters. The van der Waals surface area contributed by atoms with Crippen LogP contribution in [-0.4, -0.2) is 27.3 Å². The van der Waals surface area contributed by atoms with Gasteiger partial charge in [0.2, 0.25) is 0 Å². The van der Waals surface area contributed by atoms with Crippen molar-refractivity contribution < 1.29 is 14.5 Å². The number of nitrogens with one attached hydrogen (secondary N) is 1. The number of fused-ring (bicyclic) bond motifs is 1. The Bertz CT molecular complexity index is 1030. The second-order valence-corrected chi connectivity index (χ2v) is 6.27. The van der Waals surface area contributed by atoms with Crippen molar-refractivity contribution in [2.24, 2.45) is 0 Å². The average Bonchev–Trinajstić information content (AvgIpc) is 2.99. The molecule has 3 rings (SSSR count). The molecule has 0 aliphatic heterocycles. The van der Waals surface area contributed by atoms with Crippen molar-refractivity contribution in [2.45, 2.75) is 19.8 Å². The van der Waals surface area contributed by atoms with Gasteiger partial charge in [0.05, 0.1) is 22.7 Å². The molecular weight excluding hydrogens is 372 g/mol. The Balaban J connectivity index is 2.01. The summed E-state index contributed by atoms with van der Waals surface area (Å²) >= 11 is 6.06. The molecule has 0 saturated heterocycles. The molecule has 2 heterocycles. The lowest BCUT2D eigenvalue weighted by molar-refractivity contribution is -0.385. The van der Waals surface area contributed by atoms with Gasteiger partial charge in [0, 0.05) is 18.0 Å². The van der Waals surface area contributed by atoms with Crippen molar-refractivity contribution in [1.82, 2.24) is 9.38 Å². The highest BCUT2D eigenvalue weighted by atomic mass is 35.5. The van der Waals surface area contributed by atoms with Crippen LogP contribution in [-0.2, 0) is 6.42 Å². The first-order valence-electron chi connectivity index (χ1n) is 8.24. The van der Waals surface area contributed by atoms with Crippen molar-refractivity contribution in [3.05, 3.63) is 63.1 Å². The fourth-order valence-corrected chi connectivity index (χ4v) is 2.98. The highest BCUT2D eigenvalue weighted by molar-refractivity contribution is 6.30. The van der Waals surface area contributed by atoms with Crippen LogP contribution in [0.1, 0.15) is 29.5 Å². The lowest BCUT2D eigenvalue weighted by atomic mass is 10.2. The molecule has 0 spiro atoms. The predicted molar refractivity (Wildman–Crippen MR) is 102 cm³/mol. The number of imidazole rings is 1. The van der Waals surface area contributed by atoms with Gasteiger partial charge in [0.25, 0.3) is 5.91 Å². The van der Waals surface area contributed by atoms with Gasteiger partial charge in [-0.05, 0) is 30.7 Å². The van der Waals surface area contributed by atoms with Crippen LogP contribution in [0.2, 0.25) is 5.02 Å². The normalized spacial score (nSPS) is 10.8. The predicted octanol–water partition coefficient (Wildman–Crippen LogP) is 4.11. The number of nitro benzene ring substituents is 1. The van der Waals surface area contributed by atoms with Crippen LogP contribution in [0.3, 0.4) is 0 Å². The van der Waals surface area contributed by atoms with Crippen molar-refractivity contribution in [2.75, 3.05) is 12.4 Å². The zero-order valence-corrected chi connectivity index (χ0v) is 15.5. The Morgan fingerprint density at radius 2 is 2.15 bits per heavy atom. The first-order valence-corrected chi connectivity index (χ1v) is 8.62. The number of anilines is 1. The van der Waals surface area contributed by atoms with E-state index in [9.17, 15) is 14.9 Å². The number of nitrogens with zero attached hydrogens (tertiary/aromatic N) is 3. The maximum Gasteiger partial charge on any atom is 0.312 e. The van der Waals surface area contributed by atoms with Crippen molar-refractivity contribution >= 4 is 34.5 Å². The minimum Gasteiger partial charge on any atom is -0.490 e. The number of carbonyl (C=O) groups excluding carboxylic acids is 1. The third-order valence-electron chi connectivity index (χ3n) is 3.99. The molecule has 27 heavy (non-hydrogen) atoms. The molecule has 1 aromatic carbocycles. The fourth-order valence-electron chi connectivity index (χ4n) is 2.82. The number of hydrogen-bond donors (Lipinski definition) is 1. The molecule has 140 valence electrons. The molecule has 9 heteroatoms. The van der Waals surface area contributed by atoms with Gasteiger partial charge >= 0.3 is 5.69 Å². The van der Waals surface area contributed by atoms with E-state index in [1.165, 1.54) is 19.2 Å². The maximum absolute atomic E-state index is 12.9. The van der Waals surface area contributed by atoms with Crippen LogP contribution in [0.5, 0.6) is 5.75 Å². The molecule has 0 bridgehead atoms. The van der Waals surface area contributed by atoms with E-state index in [1.807, 2.05) is 6.92 Å². The monoisotopic (exact) mass is 388 g/mol. The average molecular weight is 389 g/mol. The van der Waals surface area contributed by atoms with E-state index in [4.69, 9.17) is 16.3 Å². The quantitative estimate of drug-likeness (QED) is 0.506. The number of nitro groups is 1. The van der Waals surface area contributed by atoms with Crippen molar-refractivity contribution in [3.8, 4) is 5.75 Å². The number of carbonyl (C=O) groups is 1. The van der Waals surface area contributed by atoms with E-state index >= 15 is 0 Å². The number of hydrogen-bond acceptors (Lipinski definition) is 5. The summed E-state index contributed by atoms with van der Waals surface area (Å²) in [7, 11) is 1.35. The van der Waals surface area contributed by atoms with Crippen LogP contribution in [0.25, 0.3) is 5.65 Å². The molecular formula is C18H17ClN4O4. The van der Waals surface area contributed by atoms with Gasteiger partial charge in [-0.3, -0.25) is 19.3 Å². The van der Waals surface area contributed by atoms with Gasteiger partial charge in [-0.25, -0.2) is 4.98 Å². The van der Waals surface area contributed by atoms with E-state index in [1.54, 1.807) is 28.8 Å². The summed E-state index contributed by atoms with van der Waals surface area (Å²) in [5.41, 5.74) is 1.65. The lowest BCUT2D eigenvalue weighted by Crippen LogP contribution is -2.16. The molecule has 0 aliphatic carbocycles. The number of benzene rings is 1. The molecule has 0 aliphatic rings. The number of aromatic nitrogens is 2. The zero-order valence-electron chi connectivity index (χ0n) is 14.7.